The molecular formula is C25H29N3O5S2. The highest BCUT2D eigenvalue weighted by Gasteiger charge is 2.44. The van der Waals surface area contributed by atoms with E-state index in [1.54, 1.807) is 28.8 Å². The van der Waals surface area contributed by atoms with Crippen LogP contribution in [-0.4, -0.2) is 72.3 Å². The van der Waals surface area contributed by atoms with Crippen molar-refractivity contribution < 1.29 is 23.6 Å². The summed E-state index contributed by atoms with van der Waals surface area (Å²) in [6.07, 6.45) is 8.17. The lowest BCUT2D eigenvalue weighted by Gasteiger charge is -2.39. The third-order valence-corrected chi connectivity index (χ3v) is 9.85. The van der Waals surface area contributed by atoms with Crippen molar-refractivity contribution in [2.24, 2.45) is 5.41 Å². The van der Waals surface area contributed by atoms with E-state index in [0.29, 0.717) is 32.6 Å². The summed E-state index contributed by atoms with van der Waals surface area (Å²) < 4.78 is 6.02. The number of carbonyl (C=O) groups excluding carboxylic acids is 4. The molecule has 186 valence electrons. The van der Waals surface area contributed by atoms with Gasteiger partial charge in [-0.1, -0.05) is 0 Å². The van der Waals surface area contributed by atoms with Gasteiger partial charge in [0.1, 0.15) is 0 Å². The zero-order chi connectivity index (χ0) is 24.6. The van der Waals surface area contributed by atoms with Crippen LogP contribution in [0.3, 0.4) is 0 Å². The van der Waals surface area contributed by atoms with Gasteiger partial charge in [0.05, 0.1) is 21.9 Å². The number of piperidine rings is 1. The van der Waals surface area contributed by atoms with Crippen molar-refractivity contribution in [2.75, 3.05) is 39.0 Å². The first-order chi connectivity index (χ1) is 16.9. The lowest BCUT2D eigenvalue weighted by Crippen LogP contribution is -2.47. The number of likely N-dealkylation sites (tertiary alicyclic amines) is 2. The van der Waals surface area contributed by atoms with Crippen molar-refractivity contribution in [3.05, 3.63) is 40.2 Å². The molecular weight excluding hydrogens is 486 g/mol. The van der Waals surface area contributed by atoms with Crippen LogP contribution in [-0.2, 0) is 11.2 Å². The zero-order valence-electron chi connectivity index (χ0n) is 19.8. The fraction of sp³-hybridized carbons (Fsp3) is 0.520. The number of thioether (sulfide) groups is 1. The van der Waals surface area contributed by atoms with Crippen LogP contribution in [0.2, 0.25) is 0 Å². The van der Waals surface area contributed by atoms with Gasteiger partial charge in [0.25, 0.3) is 11.8 Å². The van der Waals surface area contributed by atoms with E-state index >= 15 is 0 Å². The van der Waals surface area contributed by atoms with Crippen LogP contribution >= 0.6 is 23.1 Å². The molecule has 8 nitrogen and oxygen atoms in total. The largest absolute Gasteiger partial charge is 0.459 e. The smallest absolute Gasteiger partial charge is 0.287 e. The predicted octanol–water partition coefficient (Wildman–Crippen LogP) is 3.47. The molecule has 2 fully saturated rings. The van der Waals surface area contributed by atoms with E-state index in [-0.39, 0.29) is 35.3 Å². The minimum Gasteiger partial charge on any atom is -0.459 e. The Balaban J connectivity index is 1.17. The molecule has 5 rings (SSSR count). The van der Waals surface area contributed by atoms with Crippen molar-refractivity contribution in [1.29, 1.82) is 0 Å². The van der Waals surface area contributed by atoms with Crippen LogP contribution in [0, 0.1) is 5.41 Å². The van der Waals surface area contributed by atoms with Gasteiger partial charge >= 0.3 is 0 Å². The van der Waals surface area contributed by atoms with Crippen LogP contribution < -0.4 is 5.32 Å². The average Bonchev–Trinajstić information content (AvgIpc) is 3.62. The summed E-state index contributed by atoms with van der Waals surface area (Å²) >= 11 is 3.03. The van der Waals surface area contributed by atoms with Crippen molar-refractivity contribution in [3.8, 4) is 0 Å². The number of rotatable bonds is 5. The molecule has 0 unspecified atom stereocenters. The third-order valence-electron chi connectivity index (χ3n) is 7.51. The Morgan fingerprint density at radius 2 is 1.89 bits per heavy atom. The number of hydrogen-bond acceptors (Lipinski definition) is 7. The van der Waals surface area contributed by atoms with Crippen LogP contribution in [0.5, 0.6) is 0 Å². The first kappa shape index (κ1) is 24.1. The summed E-state index contributed by atoms with van der Waals surface area (Å²) in [5.74, 6) is -0.0976. The number of carbonyl (C=O) groups is 4. The topological polar surface area (TPSA) is 99.9 Å². The fourth-order valence-electron chi connectivity index (χ4n) is 5.48. The summed E-state index contributed by atoms with van der Waals surface area (Å²) in [4.78, 5) is 55.1. The second-order valence-corrected chi connectivity index (χ2v) is 11.7. The molecule has 4 heterocycles. The van der Waals surface area contributed by atoms with Crippen LogP contribution in [0.1, 0.15) is 68.3 Å². The number of thiophene rings is 1. The molecule has 1 aliphatic carbocycles. The summed E-state index contributed by atoms with van der Waals surface area (Å²) in [6, 6.07) is 3.19. The Morgan fingerprint density at radius 3 is 2.57 bits per heavy atom. The molecule has 1 N–H and O–H groups in total. The van der Waals surface area contributed by atoms with Crippen molar-refractivity contribution in [2.45, 2.75) is 42.7 Å². The summed E-state index contributed by atoms with van der Waals surface area (Å²) in [5.41, 5.74) is 1.77. The first-order valence-electron chi connectivity index (χ1n) is 12.0. The SMILES string of the molecule is CSc1sc(C(=O)N2CCC3(CCN(C(=O)CNC(=O)c4ccco4)CC3)C2)c2c1C(=O)CCC2. The van der Waals surface area contributed by atoms with E-state index < -0.39 is 5.91 Å². The molecule has 0 saturated carbocycles. The second kappa shape index (κ2) is 9.81. The average molecular weight is 516 g/mol. The molecule has 2 aliphatic heterocycles. The standard InChI is InChI=1S/C25H29N3O5S2/c1-34-24-20-16(4-2-5-17(20)29)21(35-24)23(32)28-12-9-25(15-28)7-10-27(11-8-25)19(30)14-26-22(31)18-6-3-13-33-18/h3,6,13H,2,4-5,7-12,14-15H2,1H3,(H,26,31). The molecule has 2 saturated heterocycles. The Hall–Kier alpha value is -2.59. The highest BCUT2D eigenvalue weighted by Crippen LogP contribution is 2.43. The van der Waals surface area contributed by atoms with Crippen LogP contribution in [0.25, 0.3) is 0 Å². The van der Waals surface area contributed by atoms with Gasteiger partial charge < -0.3 is 19.5 Å². The number of Topliss-reactive ketones (excluding diaryl/α,β-unsaturated/α-hetero) is 1. The number of fused-ring (bicyclic) bond motifs is 1. The quantitative estimate of drug-likeness (QED) is 0.612. The molecule has 0 radical (unpaired) electrons. The number of nitrogens with zero attached hydrogens (tertiary/aromatic N) is 2. The molecule has 0 bridgehead atoms. The van der Waals surface area contributed by atoms with Gasteiger partial charge in [-0.25, -0.2) is 0 Å². The number of furan rings is 1. The first-order valence-corrected chi connectivity index (χ1v) is 14.1. The van der Waals surface area contributed by atoms with Gasteiger partial charge in [-0.2, -0.15) is 0 Å². The Morgan fingerprint density at radius 1 is 1.14 bits per heavy atom. The summed E-state index contributed by atoms with van der Waals surface area (Å²) in [5, 5.41) is 2.62. The molecule has 0 aromatic carbocycles. The molecule has 0 atom stereocenters. The van der Waals surface area contributed by atoms with E-state index in [2.05, 4.69) is 5.32 Å². The highest BCUT2D eigenvalue weighted by atomic mass is 32.2. The van der Waals surface area contributed by atoms with E-state index in [1.807, 2.05) is 11.2 Å². The maximum atomic E-state index is 13.5. The molecule has 1 spiro atoms. The number of ketones is 1. The van der Waals surface area contributed by atoms with Crippen molar-refractivity contribution in [1.82, 2.24) is 15.1 Å². The van der Waals surface area contributed by atoms with Gasteiger partial charge in [0.2, 0.25) is 5.91 Å². The van der Waals surface area contributed by atoms with Gasteiger partial charge in [0, 0.05) is 38.2 Å². The normalized spacial score (nSPS) is 19.2. The maximum absolute atomic E-state index is 13.5. The Labute approximate surface area is 212 Å². The lowest BCUT2D eigenvalue weighted by molar-refractivity contribution is -0.132. The maximum Gasteiger partial charge on any atom is 0.287 e. The second-order valence-electron chi connectivity index (χ2n) is 9.57. The number of nitrogens with one attached hydrogen (secondary N) is 1. The van der Waals surface area contributed by atoms with E-state index in [0.717, 1.165) is 52.3 Å². The predicted molar refractivity (Wildman–Crippen MR) is 133 cm³/mol. The van der Waals surface area contributed by atoms with E-state index in [9.17, 15) is 19.2 Å². The van der Waals surface area contributed by atoms with E-state index in [1.165, 1.54) is 17.6 Å². The number of hydrogen-bond donors (Lipinski definition) is 1. The van der Waals surface area contributed by atoms with E-state index in [4.69, 9.17) is 4.42 Å². The Kier molecular flexibility index (Phi) is 6.76. The van der Waals surface area contributed by atoms with Gasteiger partial charge in [0.15, 0.2) is 11.5 Å². The van der Waals surface area contributed by atoms with Gasteiger partial charge in [-0.05, 0) is 61.5 Å². The minimum atomic E-state index is -0.399. The molecule has 2 aromatic heterocycles. The van der Waals surface area contributed by atoms with Crippen molar-refractivity contribution in [3.63, 3.8) is 0 Å². The molecule has 3 aliphatic rings. The lowest BCUT2D eigenvalue weighted by atomic mass is 9.78. The Bertz CT molecular complexity index is 1150. The zero-order valence-corrected chi connectivity index (χ0v) is 21.4. The third kappa shape index (κ3) is 4.65. The molecule has 10 heteroatoms. The summed E-state index contributed by atoms with van der Waals surface area (Å²) in [7, 11) is 0. The molecule has 3 amide bonds. The fourth-order valence-corrected chi connectivity index (χ4v) is 7.58. The monoisotopic (exact) mass is 515 g/mol. The van der Waals surface area contributed by atoms with Gasteiger partial charge in [-0.3, -0.25) is 19.2 Å². The van der Waals surface area contributed by atoms with Crippen LogP contribution in [0.15, 0.2) is 27.0 Å². The van der Waals surface area contributed by atoms with Gasteiger partial charge in [-0.15, -0.1) is 23.1 Å². The van der Waals surface area contributed by atoms with Crippen molar-refractivity contribution >= 4 is 46.6 Å². The summed E-state index contributed by atoms with van der Waals surface area (Å²) in [6.45, 7) is 2.59. The molecule has 2 aromatic rings. The molecule has 35 heavy (non-hydrogen) atoms. The highest BCUT2D eigenvalue weighted by molar-refractivity contribution is 8.00. The number of amides is 3. The minimum absolute atomic E-state index is 0.0271. The van der Waals surface area contributed by atoms with Crippen LogP contribution in [0.4, 0.5) is 0 Å².